The lowest BCUT2D eigenvalue weighted by Crippen LogP contribution is -2.31. The van der Waals surface area contributed by atoms with Crippen molar-refractivity contribution in [2.45, 2.75) is 12.6 Å². The first-order valence-electron chi connectivity index (χ1n) is 6.32. The van der Waals surface area contributed by atoms with E-state index in [2.05, 4.69) is 10.1 Å². The molecule has 2 heterocycles. The van der Waals surface area contributed by atoms with E-state index >= 15 is 0 Å². The van der Waals surface area contributed by atoms with Gasteiger partial charge in [-0.1, -0.05) is 5.16 Å². The molecule has 21 heavy (non-hydrogen) atoms. The van der Waals surface area contributed by atoms with Gasteiger partial charge in [-0.2, -0.15) is 13.2 Å². The minimum atomic E-state index is -4.55. The highest BCUT2D eigenvalue weighted by Crippen LogP contribution is 2.30. The number of hydrogen-bond donors (Lipinski definition) is 2. The van der Waals surface area contributed by atoms with Gasteiger partial charge < -0.3 is 20.6 Å². The second-order valence-corrected chi connectivity index (χ2v) is 4.50. The van der Waals surface area contributed by atoms with Crippen LogP contribution >= 0.6 is 0 Å². The topological polar surface area (TPSA) is 84.0 Å². The molecule has 116 valence electrons. The Morgan fingerprint density at radius 2 is 2.10 bits per heavy atom. The summed E-state index contributed by atoms with van der Waals surface area (Å²) in [6.07, 6.45) is -3.89. The summed E-state index contributed by atoms with van der Waals surface area (Å²) in [7, 11) is 0. The summed E-state index contributed by atoms with van der Waals surface area (Å²) in [5.41, 5.74) is 4.66. The van der Waals surface area contributed by atoms with E-state index in [0.29, 0.717) is 32.7 Å². The average Bonchev–Trinajstić information content (AvgIpc) is 2.74. The molecule has 0 unspecified atom stereocenters. The van der Waals surface area contributed by atoms with Crippen LogP contribution in [0.5, 0.6) is 0 Å². The highest BCUT2D eigenvalue weighted by molar-refractivity contribution is 6.01. The van der Waals surface area contributed by atoms with Crippen molar-refractivity contribution in [3.05, 3.63) is 23.4 Å². The Kier molecular flexibility index (Phi) is 4.51. The van der Waals surface area contributed by atoms with Gasteiger partial charge in [-0.3, -0.25) is 0 Å². The van der Waals surface area contributed by atoms with Gasteiger partial charge in [-0.15, -0.1) is 0 Å². The Balaban J connectivity index is 2.47. The molecule has 0 bridgehead atoms. The first kappa shape index (κ1) is 15.4. The van der Waals surface area contributed by atoms with E-state index < -0.39 is 11.9 Å². The number of rotatable bonds is 2. The Labute approximate surface area is 119 Å². The van der Waals surface area contributed by atoms with Crippen LogP contribution in [0.3, 0.4) is 0 Å². The van der Waals surface area contributed by atoms with Crippen molar-refractivity contribution in [3.63, 3.8) is 0 Å². The van der Waals surface area contributed by atoms with E-state index in [1.165, 1.54) is 0 Å². The number of aromatic nitrogens is 1. The number of ether oxygens (including phenoxy) is 1. The van der Waals surface area contributed by atoms with Crippen LogP contribution in [-0.4, -0.2) is 42.3 Å². The third-order valence-corrected chi connectivity index (χ3v) is 3.07. The number of anilines is 1. The Hall–Kier alpha value is -2.03. The van der Waals surface area contributed by atoms with Crippen LogP contribution in [0.4, 0.5) is 19.0 Å². The lowest BCUT2D eigenvalue weighted by atomic mass is 10.2. The first-order valence-corrected chi connectivity index (χ1v) is 6.32. The van der Waals surface area contributed by atoms with Gasteiger partial charge in [-0.25, -0.2) is 4.98 Å². The number of hydrogen-bond acceptors (Lipinski definition) is 5. The monoisotopic (exact) mass is 304 g/mol. The van der Waals surface area contributed by atoms with Crippen molar-refractivity contribution in [2.24, 2.45) is 10.9 Å². The zero-order valence-corrected chi connectivity index (χ0v) is 11.1. The molecule has 0 spiro atoms. The van der Waals surface area contributed by atoms with Crippen molar-refractivity contribution >= 4 is 11.7 Å². The number of pyridine rings is 1. The Morgan fingerprint density at radius 3 is 2.76 bits per heavy atom. The molecule has 1 fully saturated rings. The fourth-order valence-corrected chi connectivity index (χ4v) is 2.06. The molecule has 1 aliphatic rings. The maximum Gasteiger partial charge on any atom is 0.433 e. The van der Waals surface area contributed by atoms with Crippen LogP contribution in [0.25, 0.3) is 0 Å². The van der Waals surface area contributed by atoms with Gasteiger partial charge in [0.2, 0.25) is 0 Å². The van der Waals surface area contributed by atoms with Crippen molar-refractivity contribution in [1.82, 2.24) is 4.98 Å². The molecule has 0 saturated carbocycles. The molecular weight excluding hydrogens is 289 g/mol. The Morgan fingerprint density at radius 1 is 1.33 bits per heavy atom. The summed E-state index contributed by atoms with van der Waals surface area (Å²) in [6, 6.07) is 1.97. The van der Waals surface area contributed by atoms with Crippen molar-refractivity contribution in [3.8, 4) is 0 Å². The fourth-order valence-electron chi connectivity index (χ4n) is 2.06. The van der Waals surface area contributed by atoms with Crippen molar-refractivity contribution in [2.75, 3.05) is 31.2 Å². The van der Waals surface area contributed by atoms with E-state index in [1.54, 1.807) is 4.90 Å². The lowest BCUT2D eigenvalue weighted by Gasteiger charge is -2.24. The van der Waals surface area contributed by atoms with E-state index in [-0.39, 0.29) is 17.2 Å². The highest BCUT2D eigenvalue weighted by Gasteiger charge is 2.34. The molecule has 0 radical (unpaired) electrons. The zero-order chi connectivity index (χ0) is 15.5. The lowest BCUT2D eigenvalue weighted by molar-refractivity contribution is -0.141. The molecular formula is C12H15F3N4O2. The van der Waals surface area contributed by atoms with Crippen molar-refractivity contribution < 1.29 is 23.1 Å². The summed E-state index contributed by atoms with van der Waals surface area (Å²) >= 11 is 0. The number of nitrogens with two attached hydrogens (primary N) is 1. The van der Waals surface area contributed by atoms with Gasteiger partial charge in [0.1, 0.15) is 11.5 Å². The second kappa shape index (κ2) is 6.17. The first-order chi connectivity index (χ1) is 9.93. The molecule has 0 atom stereocenters. The quantitative estimate of drug-likeness (QED) is 0.374. The fraction of sp³-hybridized carbons (Fsp3) is 0.500. The van der Waals surface area contributed by atoms with Crippen LogP contribution in [0.15, 0.2) is 17.3 Å². The number of alkyl halides is 3. The highest BCUT2D eigenvalue weighted by atomic mass is 19.4. The van der Waals surface area contributed by atoms with Crippen LogP contribution in [0.1, 0.15) is 17.7 Å². The van der Waals surface area contributed by atoms with Crippen LogP contribution in [0, 0.1) is 0 Å². The standard InChI is InChI=1S/C12H15F3N4O2/c13-12(14,15)9-3-2-8(10(16)18-20)11(17-9)19-4-1-6-21-7-5-19/h2-3,20H,1,4-7H2,(H2,16,18). The van der Waals surface area contributed by atoms with E-state index in [1.807, 2.05) is 0 Å². The maximum absolute atomic E-state index is 12.8. The Bertz CT molecular complexity index is 526. The maximum atomic E-state index is 12.8. The smallest absolute Gasteiger partial charge is 0.409 e. The molecule has 1 aromatic heterocycles. The molecule has 6 nitrogen and oxygen atoms in total. The summed E-state index contributed by atoms with van der Waals surface area (Å²) in [6.45, 7) is 1.79. The van der Waals surface area contributed by atoms with Crippen molar-refractivity contribution in [1.29, 1.82) is 0 Å². The normalized spacial score (nSPS) is 17.7. The molecule has 9 heteroatoms. The summed E-state index contributed by atoms with van der Waals surface area (Å²) in [4.78, 5) is 5.30. The SMILES string of the molecule is NC(=NO)c1ccc(C(F)(F)F)nc1N1CCCOCC1. The predicted molar refractivity (Wildman–Crippen MR) is 69.4 cm³/mol. The molecule has 0 aromatic carbocycles. The third-order valence-electron chi connectivity index (χ3n) is 3.07. The summed E-state index contributed by atoms with van der Waals surface area (Å²) in [5, 5.41) is 11.6. The van der Waals surface area contributed by atoms with E-state index in [4.69, 9.17) is 15.7 Å². The average molecular weight is 304 g/mol. The second-order valence-electron chi connectivity index (χ2n) is 4.50. The largest absolute Gasteiger partial charge is 0.433 e. The molecule has 1 aromatic rings. The zero-order valence-electron chi connectivity index (χ0n) is 11.1. The van der Waals surface area contributed by atoms with Gasteiger partial charge >= 0.3 is 6.18 Å². The van der Waals surface area contributed by atoms with Gasteiger partial charge in [0.15, 0.2) is 5.84 Å². The number of nitrogens with zero attached hydrogens (tertiary/aromatic N) is 3. The minimum Gasteiger partial charge on any atom is -0.409 e. The third kappa shape index (κ3) is 3.54. The van der Waals surface area contributed by atoms with Gasteiger partial charge in [-0.05, 0) is 18.6 Å². The summed E-state index contributed by atoms with van der Waals surface area (Å²) < 4.78 is 43.7. The van der Waals surface area contributed by atoms with Crippen LogP contribution in [0.2, 0.25) is 0 Å². The minimum absolute atomic E-state index is 0.0469. The molecule has 1 aliphatic heterocycles. The number of amidine groups is 1. The molecule has 2 rings (SSSR count). The van der Waals surface area contributed by atoms with Crippen LogP contribution in [-0.2, 0) is 10.9 Å². The van der Waals surface area contributed by atoms with Gasteiger partial charge in [0.25, 0.3) is 0 Å². The van der Waals surface area contributed by atoms with E-state index in [9.17, 15) is 13.2 Å². The van der Waals surface area contributed by atoms with E-state index in [0.717, 1.165) is 12.1 Å². The molecule has 1 saturated heterocycles. The van der Waals surface area contributed by atoms with Gasteiger partial charge in [0.05, 0.1) is 12.2 Å². The predicted octanol–water partition coefficient (Wildman–Crippen LogP) is 1.42. The van der Waals surface area contributed by atoms with Gasteiger partial charge in [0, 0.05) is 19.7 Å². The number of halogens is 3. The summed E-state index contributed by atoms with van der Waals surface area (Å²) in [5.74, 6) is -0.234. The molecule has 0 aliphatic carbocycles. The molecule has 0 amide bonds. The number of oxime groups is 1. The van der Waals surface area contributed by atoms with Crippen LogP contribution < -0.4 is 10.6 Å². The molecule has 3 N–H and O–H groups in total.